The number of nitro benzene ring substituents is 1. The minimum absolute atomic E-state index is 0.00413. The fraction of sp³-hybridized carbons (Fsp3) is 0.276. The molecule has 5 rings (SSSR count). The summed E-state index contributed by atoms with van der Waals surface area (Å²) >= 11 is 0. The zero-order valence-corrected chi connectivity index (χ0v) is 20.6. The molecule has 1 saturated heterocycles. The van der Waals surface area contributed by atoms with Gasteiger partial charge in [0.05, 0.1) is 23.1 Å². The average molecular weight is 499 g/mol. The van der Waals surface area contributed by atoms with Gasteiger partial charge in [0.15, 0.2) is 0 Å². The maximum Gasteiger partial charge on any atom is 0.271 e. The van der Waals surface area contributed by atoms with Crippen molar-refractivity contribution >= 4 is 22.3 Å². The Labute approximate surface area is 215 Å². The maximum atomic E-state index is 11.3. The number of anilines is 1. The van der Waals surface area contributed by atoms with Gasteiger partial charge in [0, 0.05) is 56.7 Å². The van der Waals surface area contributed by atoms with E-state index in [2.05, 4.69) is 63.3 Å². The Hall–Kier alpha value is -4.01. The van der Waals surface area contributed by atoms with Crippen molar-refractivity contribution < 1.29 is 14.8 Å². The predicted octanol–water partition coefficient (Wildman–Crippen LogP) is 4.82. The maximum absolute atomic E-state index is 11.3. The first-order chi connectivity index (χ1) is 18.1. The van der Waals surface area contributed by atoms with Gasteiger partial charge in [0.1, 0.15) is 5.69 Å². The number of rotatable bonds is 9. The van der Waals surface area contributed by atoms with Gasteiger partial charge in [-0.3, -0.25) is 15.0 Å². The molecule has 1 N–H and O–H groups in total. The molecule has 8 nitrogen and oxygen atoms in total. The van der Waals surface area contributed by atoms with Crippen molar-refractivity contribution in [2.24, 2.45) is 0 Å². The molecule has 1 aliphatic heterocycles. The number of hydrogen-bond donors (Lipinski definition) is 1. The number of pyridine rings is 1. The second-order valence-corrected chi connectivity index (χ2v) is 9.12. The molecule has 0 spiro atoms. The molecule has 2 heterocycles. The molecule has 1 aliphatic rings. The van der Waals surface area contributed by atoms with E-state index >= 15 is 0 Å². The summed E-state index contributed by atoms with van der Waals surface area (Å²) in [6, 6.07) is 28.0. The van der Waals surface area contributed by atoms with Crippen LogP contribution in [-0.2, 0) is 0 Å². The van der Waals surface area contributed by atoms with Gasteiger partial charge in [0.25, 0.3) is 5.69 Å². The van der Waals surface area contributed by atoms with E-state index < -0.39 is 4.92 Å². The van der Waals surface area contributed by atoms with Crippen LogP contribution < -0.4 is 9.64 Å². The Balaban J connectivity index is 1.41. The van der Waals surface area contributed by atoms with Crippen molar-refractivity contribution in [2.75, 3.05) is 44.3 Å². The van der Waals surface area contributed by atoms with Crippen molar-refractivity contribution in [3.63, 3.8) is 0 Å². The van der Waals surface area contributed by atoms with Crippen LogP contribution in [0.5, 0.6) is 5.88 Å². The summed E-state index contributed by atoms with van der Waals surface area (Å²) in [7, 11) is 0. The zero-order chi connectivity index (χ0) is 25.6. The summed E-state index contributed by atoms with van der Waals surface area (Å²) in [6.45, 7) is 3.61. The van der Waals surface area contributed by atoms with Crippen LogP contribution in [0.1, 0.15) is 23.6 Å². The van der Waals surface area contributed by atoms with Gasteiger partial charge in [-0.05, 0) is 23.3 Å². The number of fused-ring (bicyclic) bond motifs is 1. The highest BCUT2D eigenvalue weighted by molar-refractivity contribution is 5.86. The van der Waals surface area contributed by atoms with Gasteiger partial charge in [-0.2, -0.15) is 0 Å². The smallest absolute Gasteiger partial charge is 0.271 e. The SMILES string of the molecule is O=[N+]([O-])c1ccc2cc(N3CCN(C(c4ccccc4)c4ccccc4)CC3)c(OCCCO)nc2c1. The first-order valence-corrected chi connectivity index (χ1v) is 12.6. The Morgan fingerprint density at radius 3 is 2.16 bits per heavy atom. The third kappa shape index (κ3) is 5.55. The minimum atomic E-state index is -0.420. The number of hydrogen-bond acceptors (Lipinski definition) is 7. The number of aromatic nitrogens is 1. The molecule has 8 heteroatoms. The third-order valence-electron chi connectivity index (χ3n) is 6.75. The standard InChI is InChI=1S/C29H30N4O4/c34-18-7-19-37-29-27(20-24-12-13-25(33(35)36)21-26(24)30-29)31-14-16-32(17-15-31)28(22-8-3-1-4-9-22)23-10-5-2-6-11-23/h1-6,8-13,20-21,28,34H,7,14-19H2. The summed E-state index contributed by atoms with van der Waals surface area (Å²) in [5, 5.41) is 21.3. The first kappa shape index (κ1) is 24.7. The number of benzene rings is 3. The molecule has 1 fully saturated rings. The van der Waals surface area contributed by atoms with E-state index in [1.807, 2.05) is 18.2 Å². The molecule has 0 amide bonds. The van der Waals surface area contributed by atoms with Gasteiger partial charge in [0.2, 0.25) is 5.88 Å². The molecule has 0 atom stereocenters. The number of ether oxygens (including phenoxy) is 1. The van der Waals surface area contributed by atoms with Crippen LogP contribution in [0.2, 0.25) is 0 Å². The lowest BCUT2D eigenvalue weighted by Gasteiger charge is -2.41. The summed E-state index contributed by atoms with van der Waals surface area (Å²) in [5.41, 5.74) is 3.92. The Morgan fingerprint density at radius 2 is 1.57 bits per heavy atom. The van der Waals surface area contributed by atoms with Gasteiger partial charge in [-0.25, -0.2) is 4.98 Å². The van der Waals surface area contributed by atoms with E-state index in [1.54, 1.807) is 6.07 Å². The van der Waals surface area contributed by atoms with Gasteiger partial charge < -0.3 is 14.7 Å². The van der Waals surface area contributed by atoms with E-state index in [0.29, 0.717) is 24.4 Å². The summed E-state index contributed by atoms with van der Waals surface area (Å²) in [5.74, 6) is 0.442. The largest absolute Gasteiger partial charge is 0.476 e. The van der Waals surface area contributed by atoms with Crippen molar-refractivity contribution in [1.29, 1.82) is 0 Å². The molecule has 37 heavy (non-hydrogen) atoms. The fourth-order valence-corrected chi connectivity index (χ4v) is 4.91. The lowest BCUT2D eigenvalue weighted by atomic mass is 9.96. The normalized spacial score (nSPS) is 14.3. The summed E-state index contributed by atoms with van der Waals surface area (Å²) < 4.78 is 5.96. The Bertz CT molecular complexity index is 1300. The van der Waals surface area contributed by atoms with E-state index in [1.165, 1.54) is 23.3 Å². The molecule has 190 valence electrons. The van der Waals surface area contributed by atoms with E-state index in [4.69, 9.17) is 4.74 Å². The van der Waals surface area contributed by atoms with E-state index in [-0.39, 0.29) is 18.3 Å². The molecule has 0 aliphatic carbocycles. The number of aliphatic hydroxyl groups excluding tert-OH is 1. The lowest BCUT2D eigenvalue weighted by molar-refractivity contribution is -0.384. The number of nitro groups is 1. The molecule has 0 radical (unpaired) electrons. The lowest BCUT2D eigenvalue weighted by Crippen LogP contribution is -2.48. The van der Waals surface area contributed by atoms with Crippen LogP contribution in [0.4, 0.5) is 11.4 Å². The number of non-ortho nitro benzene ring substituents is 1. The minimum Gasteiger partial charge on any atom is -0.476 e. The van der Waals surface area contributed by atoms with Gasteiger partial charge >= 0.3 is 0 Å². The van der Waals surface area contributed by atoms with Crippen LogP contribution in [-0.4, -0.2) is 59.3 Å². The number of nitrogens with zero attached hydrogens (tertiary/aromatic N) is 4. The summed E-state index contributed by atoms with van der Waals surface area (Å²) in [6.07, 6.45) is 0.484. The third-order valence-corrected chi connectivity index (χ3v) is 6.75. The highest BCUT2D eigenvalue weighted by Gasteiger charge is 2.28. The van der Waals surface area contributed by atoms with Crippen LogP contribution in [0.15, 0.2) is 84.9 Å². The Morgan fingerprint density at radius 1 is 0.919 bits per heavy atom. The molecular formula is C29H30N4O4. The molecule has 0 unspecified atom stereocenters. The van der Waals surface area contributed by atoms with Crippen molar-refractivity contribution in [1.82, 2.24) is 9.88 Å². The first-order valence-electron chi connectivity index (χ1n) is 12.6. The molecule has 3 aromatic carbocycles. The van der Waals surface area contributed by atoms with E-state index in [0.717, 1.165) is 37.3 Å². The molecule has 4 aromatic rings. The monoisotopic (exact) mass is 498 g/mol. The van der Waals surface area contributed by atoms with Crippen molar-refractivity contribution in [2.45, 2.75) is 12.5 Å². The number of aliphatic hydroxyl groups is 1. The predicted molar refractivity (Wildman–Crippen MR) is 144 cm³/mol. The zero-order valence-electron chi connectivity index (χ0n) is 20.6. The van der Waals surface area contributed by atoms with Gasteiger partial charge in [-0.15, -0.1) is 0 Å². The van der Waals surface area contributed by atoms with Crippen molar-refractivity contribution in [3.05, 3.63) is 106 Å². The molecule has 0 bridgehead atoms. The van der Waals surface area contributed by atoms with Crippen LogP contribution in [0.25, 0.3) is 10.9 Å². The molecule has 1 aromatic heterocycles. The van der Waals surface area contributed by atoms with Gasteiger partial charge in [-0.1, -0.05) is 60.7 Å². The Kier molecular flexibility index (Phi) is 7.58. The van der Waals surface area contributed by atoms with Crippen molar-refractivity contribution in [3.8, 4) is 5.88 Å². The highest BCUT2D eigenvalue weighted by Crippen LogP contribution is 2.35. The number of piperazine rings is 1. The van der Waals surface area contributed by atoms with Crippen LogP contribution in [0, 0.1) is 10.1 Å². The van der Waals surface area contributed by atoms with E-state index in [9.17, 15) is 15.2 Å². The second kappa shape index (κ2) is 11.4. The van der Waals surface area contributed by atoms with Crippen LogP contribution in [0.3, 0.4) is 0 Å². The average Bonchev–Trinajstić information content (AvgIpc) is 2.94. The topological polar surface area (TPSA) is 92.0 Å². The van der Waals surface area contributed by atoms with Crippen LogP contribution >= 0.6 is 0 Å². The quantitative estimate of drug-likeness (QED) is 0.201. The second-order valence-electron chi connectivity index (χ2n) is 9.12. The highest BCUT2D eigenvalue weighted by atomic mass is 16.6. The summed E-state index contributed by atoms with van der Waals surface area (Å²) in [4.78, 5) is 20.3. The molecular weight excluding hydrogens is 468 g/mol. The molecule has 0 saturated carbocycles. The fourth-order valence-electron chi connectivity index (χ4n) is 4.91.